The van der Waals surface area contributed by atoms with Gasteiger partial charge in [-0.3, -0.25) is 9.59 Å². The van der Waals surface area contributed by atoms with Crippen LogP contribution in [0.4, 0.5) is 36.4 Å². The van der Waals surface area contributed by atoms with Crippen molar-refractivity contribution in [1.29, 1.82) is 0 Å². The molecule has 2 aliphatic heterocycles. The Morgan fingerprint density at radius 1 is 0.914 bits per heavy atom. The molecule has 3 aliphatic rings. The second-order valence-electron chi connectivity index (χ2n) is 9.16. The molecule has 2 amide bonds. The molecular weight excluding hydrogens is 481 g/mol. The van der Waals surface area contributed by atoms with E-state index in [9.17, 15) is 40.3 Å². The molecule has 2 aromatic carbocycles. The van der Waals surface area contributed by atoms with Crippen LogP contribution in [0, 0.1) is 0 Å². The molecule has 4 nitrogen and oxygen atoms in total. The van der Waals surface area contributed by atoms with Gasteiger partial charge in [0.25, 0.3) is 5.91 Å². The van der Waals surface area contributed by atoms with Gasteiger partial charge >= 0.3 is 18.0 Å². The number of fused-ring (bicyclic) bond motifs is 4. The van der Waals surface area contributed by atoms with Crippen LogP contribution in [0.25, 0.3) is 0 Å². The molecule has 2 heterocycles. The number of amides is 2. The summed E-state index contributed by atoms with van der Waals surface area (Å²) in [4.78, 5) is 26.5. The minimum absolute atomic E-state index is 0.114. The molecule has 186 valence electrons. The highest BCUT2D eigenvalue weighted by Crippen LogP contribution is 2.54. The zero-order chi connectivity index (χ0) is 25.3. The largest absolute Gasteiger partial charge is 0.435 e. The minimum Gasteiger partial charge on any atom is -0.335 e. The molecule has 35 heavy (non-hydrogen) atoms. The molecular formula is C24H19F7N2O2. The second kappa shape index (κ2) is 7.69. The minimum atomic E-state index is -6.16. The SMILES string of the molecule is O=C1Cc2cc(C(=O)N3CC[C@H]4c5ccc(C(F)(C(F)(F)F)C(F)(F)F)cc5CC[C@H]43)ccc2N1. The summed E-state index contributed by atoms with van der Waals surface area (Å²) in [5.41, 5.74) is -4.42. The Kier molecular flexibility index (Phi) is 5.19. The molecule has 5 rings (SSSR count). The molecule has 2 aromatic rings. The maximum absolute atomic E-state index is 14.5. The molecule has 0 bridgehead atoms. The monoisotopic (exact) mass is 500 g/mol. The van der Waals surface area contributed by atoms with Gasteiger partial charge in [0.1, 0.15) is 0 Å². The molecule has 0 aromatic heterocycles. The molecule has 1 saturated heterocycles. The summed E-state index contributed by atoms with van der Waals surface area (Å²) in [6.45, 7) is 0.363. The van der Waals surface area contributed by atoms with E-state index in [0.717, 1.165) is 6.07 Å². The lowest BCUT2D eigenvalue weighted by Gasteiger charge is -2.35. The van der Waals surface area contributed by atoms with Gasteiger partial charge in [-0.25, -0.2) is 4.39 Å². The lowest BCUT2D eigenvalue weighted by atomic mass is 9.77. The molecule has 0 radical (unpaired) electrons. The van der Waals surface area contributed by atoms with Crippen molar-refractivity contribution in [1.82, 2.24) is 4.90 Å². The van der Waals surface area contributed by atoms with E-state index in [2.05, 4.69) is 5.32 Å². The van der Waals surface area contributed by atoms with Crippen LogP contribution in [-0.4, -0.2) is 41.7 Å². The number of nitrogens with zero attached hydrogens (tertiary/aromatic N) is 1. The molecule has 11 heteroatoms. The fourth-order valence-corrected chi connectivity index (χ4v) is 5.54. The number of rotatable bonds is 2. The summed E-state index contributed by atoms with van der Waals surface area (Å²) < 4.78 is 93.6. The van der Waals surface area contributed by atoms with Gasteiger partial charge in [-0.05, 0) is 54.2 Å². The average molecular weight is 500 g/mol. The van der Waals surface area contributed by atoms with Crippen LogP contribution in [-0.2, 0) is 23.3 Å². The predicted molar refractivity (Wildman–Crippen MR) is 111 cm³/mol. The maximum Gasteiger partial charge on any atom is 0.435 e. The normalized spacial score (nSPS) is 21.9. The molecule has 0 saturated carbocycles. The Labute approximate surface area is 195 Å². The van der Waals surface area contributed by atoms with Crippen LogP contribution >= 0.6 is 0 Å². The number of carbonyl (C=O) groups excluding carboxylic acids is 2. The Bertz CT molecular complexity index is 1210. The highest BCUT2D eigenvalue weighted by Gasteiger charge is 2.73. The predicted octanol–water partition coefficient (Wildman–Crippen LogP) is 5.42. The first-order valence-corrected chi connectivity index (χ1v) is 11.0. The van der Waals surface area contributed by atoms with Gasteiger partial charge in [-0.1, -0.05) is 18.2 Å². The number of anilines is 1. The quantitative estimate of drug-likeness (QED) is 0.561. The van der Waals surface area contributed by atoms with Crippen LogP contribution < -0.4 is 5.32 Å². The highest BCUT2D eigenvalue weighted by molar-refractivity contribution is 6.01. The summed E-state index contributed by atoms with van der Waals surface area (Å²) in [5.74, 6) is -0.695. The molecule has 1 fully saturated rings. The van der Waals surface area contributed by atoms with Crippen LogP contribution in [0.1, 0.15) is 51.4 Å². The van der Waals surface area contributed by atoms with Gasteiger partial charge in [-0.2, -0.15) is 26.3 Å². The summed E-state index contributed by atoms with van der Waals surface area (Å²) in [5, 5.41) is 2.69. The first kappa shape index (κ1) is 23.6. The van der Waals surface area contributed by atoms with Crippen molar-refractivity contribution in [2.24, 2.45) is 0 Å². The van der Waals surface area contributed by atoms with Crippen molar-refractivity contribution in [2.75, 3.05) is 11.9 Å². The van der Waals surface area contributed by atoms with Crippen molar-refractivity contribution in [3.8, 4) is 0 Å². The number of carbonyl (C=O) groups is 2. The first-order valence-electron chi connectivity index (χ1n) is 11.0. The number of hydrogen-bond acceptors (Lipinski definition) is 2. The van der Waals surface area contributed by atoms with Crippen molar-refractivity contribution < 1.29 is 40.3 Å². The number of benzene rings is 2. The van der Waals surface area contributed by atoms with E-state index in [-0.39, 0.29) is 42.2 Å². The van der Waals surface area contributed by atoms with Gasteiger partial charge in [0.05, 0.1) is 6.42 Å². The van der Waals surface area contributed by atoms with Crippen molar-refractivity contribution >= 4 is 17.5 Å². The molecule has 0 spiro atoms. The third-order valence-corrected chi connectivity index (χ3v) is 7.21. The number of nitrogens with one attached hydrogen (secondary N) is 1. The van der Waals surface area contributed by atoms with Crippen molar-refractivity contribution in [3.05, 3.63) is 64.2 Å². The van der Waals surface area contributed by atoms with E-state index in [4.69, 9.17) is 0 Å². The smallest absolute Gasteiger partial charge is 0.335 e. The van der Waals surface area contributed by atoms with Crippen LogP contribution in [0.5, 0.6) is 0 Å². The van der Waals surface area contributed by atoms with E-state index in [1.807, 2.05) is 0 Å². The fraction of sp³-hybridized carbons (Fsp3) is 0.417. The van der Waals surface area contributed by atoms with Gasteiger partial charge < -0.3 is 10.2 Å². The van der Waals surface area contributed by atoms with Crippen molar-refractivity contribution in [2.45, 2.75) is 55.7 Å². The molecule has 0 unspecified atom stereocenters. The fourth-order valence-electron chi connectivity index (χ4n) is 5.54. The van der Waals surface area contributed by atoms with E-state index in [1.165, 1.54) is 0 Å². The lowest BCUT2D eigenvalue weighted by Crippen LogP contribution is -2.50. The Morgan fingerprint density at radius 2 is 1.63 bits per heavy atom. The summed E-state index contributed by atoms with van der Waals surface area (Å²) in [7, 11) is 0. The standard InChI is InChI=1S/C24H19F7N2O2/c25-22(23(26,27)28,24(29,30)31)15-3-4-16-12(10-15)2-6-19-17(16)7-8-33(19)21(35)13-1-5-18-14(9-13)11-20(34)32-18/h1,3-5,9-10,17,19H,2,6-8,11H2,(H,32,34)/t17-,19+/m0/s1. The number of hydrogen-bond donors (Lipinski definition) is 1. The Morgan fingerprint density at radius 3 is 2.31 bits per heavy atom. The summed E-state index contributed by atoms with van der Waals surface area (Å²) >= 11 is 0. The molecule has 1 N–H and O–H groups in total. The van der Waals surface area contributed by atoms with Gasteiger partial charge in [0.15, 0.2) is 0 Å². The zero-order valence-corrected chi connectivity index (χ0v) is 18.1. The molecule has 1 aliphatic carbocycles. The van der Waals surface area contributed by atoms with E-state index >= 15 is 0 Å². The van der Waals surface area contributed by atoms with E-state index in [1.54, 1.807) is 23.1 Å². The van der Waals surface area contributed by atoms with Gasteiger partial charge in [0.2, 0.25) is 5.91 Å². The number of halogens is 7. The zero-order valence-electron chi connectivity index (χ0n) is 18.1. The summed E-state index contributed by atoms with van der Waals surface area (Å²) in [6, 6.07) is 6.99. The first-order chi connectivity index (χ1) is 16.3. The summed E-state index contributed by atoms with van der Waals surface area (Å²) in [6.07, 6.45) is -11.2. The third kappa shape index (κ3) is 3.58. The highest BCUT2D eigenvalue weighted by atomic mass is 19.4. The van der Waals surface area contributed by atoms with Crippen LogP contribution in [0.3, 0.4) is 0 Å². The average Bonchev–Trinajstić information content (AvgIpc) is 3.38. The Hall–Kier alpha value is -3.11. The second-order valence-corrected chi connectivity index (χ2v) is 9.16. The number of aryl methyl sites for hydroxylation is 1. The van der Waals surface area contributed by atoms with Gasteiger partial charge in [0, 0.05) is 35.3 Å². The van der Waals surface area contributed by atoms with E-state index < -0.39 is 23.6 Å². The topological polar surface area (TPSA) is 49.4 Å². The lowest BCUT2D eigenvalue weighted by molar-refractivity contribution is -0.348. The van der Waals surface area contributed by atoms with E-state index in [0.29, 0.717) is 53.9 Å². The third-order valence-electron chi connectivity index (χ3n) is 7.21. The molecule has 2 atom stereocenters. The Balaban J connectivity index is 1.42. The van der Waals surface area contributed by atoms with Crippen molar-refractivity contribution in [3.63, 3.8) is 0 Å². The van der Waals surface area contributed by atoms with Gasteiger partial charge in [-0.15, -0.1) is 0 Å². The van der Waals surface area contributed by atoms with Crippen LogP contribution in [0.2, 0.25) is 0 Å². The van der Waals surface area contributed by atoms with Crippen LogP contribution in [0.15, 0.2) is 36.4 Å². The number of likely N-dealkylation sites (tertiary alicyclic amines) is 1. The number of alkyl halides is 7. The maximum atomic E-state index is 14.5.